The Morgan fingerprint density at radius 3 is 2.41 bits per heavy atom. The van der Waals surface area contributed by atoms with Gasteiger partial charge in [0.15, 0.2) is 0 Å². The minimum Gasteiger partial charge on any atom is -0.497 e. The standard InChI is InChI=1S/C22H29N3O2/c1-4-19-7-5-6-17(2)21(19)24-12-14-25(15-13-24)22(26)23-16-18-8-10-20(27-3)11-9-18/h5-11H,4,12-16H2,1-3H3,(H,23,26). The molecule has 5 heteroatoms. The maximum atomic E-state index is 12.5. The van der Waals surface area contributed by atoms with Crippen molar-refractivity contribution in [1.29, 1.82) is 0 Å². The van der Waals surface area contributed by atoms with Gasteiger partial charge in [-0.2, -0.15) is 0 Å². The van der Waals surface area contributed by atoms with Crippen LogP contribution < -0.4 is 15.0 Å². The molecule has 0 bridgehead atoms. The molecule has 3 rings (SSSR count). The lowest BCUT2D eigenvalue weighted by Gasteiger charge is -2.37. The van der Waals surface area contributed by atoms with Crippen molar-refractivity contribution >= 4 is 11.7 Å². The molecule has 1 saturated heterocycles. The van der Waals surface area contributed by atoms with Crippen molar-refractivity contribution in [2.24, 2.45) is 0 Å². The molecule has 0 atom stereocenters. The van der Waals surface area contributed by atoms with E-state index >= 15 is 0 Å². The Kier molecular flexibility index (Phi) is 6.22. The van der Waals surface area contributed by atoms with Gasteiger partial charge in [-0.25, -0.2) is 4.79 Å². The zero-order valence-corrected chi connectivity index (χ0v) is 16.5. The number of methoxy groups -OCH3 is 1. The number of carbonyl (C=O) groups is 1. The first-order chi connectivity index (χ1) is 13.1. The summed E-state index contributed by atoms with van der Waals surface area (Å²) in [6.07, 6.45) is 1.03. The molecular formula is C22H29N3O2. The van der Waals surface area contributed by atoms with Crippen LogP contribution in [0.3, 0.4) is 0 Å². The average Bonchev–Trinajstić information content (AvgIpc) is 2.72. The molecule has 2 aromatic rings. The minimum absolute atomic E-state index is 0.00552. The second-order valence-electron chi connectivity index (χ2n) is 6.92. The number of nitrogens with zero attached hydrogens (tertiary/aromatic N) is 2. The van der Waals surface area contributed by atoms with Crippen LogP contribution >= 0.6 is 0 Å². The number of hydrogen-bond donors (Lipinski definition) is 1. The van der Waals surface area contributed by atoms with Crippen LogP contribution in [0.2, 0.25) is 0 Å². The van der Waals surface area contributed by atoms with E-state index in [1.807, 2.05) is 29.2 Å². The van der Waals surface area contributed by atoms with E-state index in [2.05, 4.69) is 42.3 Å². The summed E-state index contributed by atoms with van der Waals surface area (Å²) in [5.74, 6) is 0.823. The molecule has 0 aliphatic carbocycles. The van der Waals surface area contributed by atoms with E-state index in [1.165, 1.54) is 16.8 Å². The number of urea groups is 1. The Morgan fingerprint density at radius 2 is 1.78 bits per heavy atom. The fourth-order valence-electron chi connectivity index (χ4n) is 3.62. The molecule has 0 aromatic heterocycles. The van der Waals surface area contributed by atoms with Gasteiger partial charge in [-0.05, 0) is 42.2 Å². The summed E-state index contributed by atoms with van der Waals surface area (Å²) >= 11 is 0. The lowest BCUT2D eigenvalue weighted by atomic mass is 10.0. The first-order valence-corrected chi connectivity index (χ1v) is 9.61. The number of benzene rings is 2. The maximum absolute atomic E-state index is 12.5. The molecule has 1 aliphatic heterocycles. The Balaban J connectivity index is 1.53. The normalized spacial score (nSPS) is 14.2. The molecule has 144 valence electrons. The van der Waals surface area contributed by atoms with Crippen LogP contribution in [-0.4, -0.2) is 44.2 Å². The summed E-state index contributed by atoms with van der Waals surface area (Å²) in [6.45, 7) is 8.11. The summed E-state index contributed by atoms with van der Waals surface area (Å²) in [5.41, 5.74) is 5.10. The number of rotatable bonds is 5. The summed E-state index contributed by atoms with van der Waals surface area (Å²) in [6, 6.07) is 14.3. The largest absolute Gasteiger partial charge is 0.497 e. The van der Waals surface area contributed by atoms with Crippen molar-refractivity contribution in [1.82, 2.24) is 10.2 Å². The van der Waals surface area contributed by atoms with Crippen LogP contribution in [0.15, 0.2) is 42.5 Å². The smallest absolute Gasteiger partial charge is 0.317 e. The highest BCUT2D eigenvalue weighted by atomic mass is 16.5. The summed E-state index contributed by atoms with van der Waals surface area (Å²) in [4.78, 5) is 16.8. The number of amides is 2. The zero-order chi connectivity index (χ0) is 19.2. The van der Waals surface area contributed by atoms with Gasteiger partial charge in [0.25, 0.3) is 0 Å². The van der Waals surface area contributed by atoms with Gasteiger partial charge in [0, 0.05) is 38.4 Å². The molecule has 2 amide bonds. The van der Waals surface area contributed by atoms with E-state index in [-0.39, 0.29) is 6.03 Å². The molecule has 1 N–H and O–H groups in total. The molecule has 0 unspecified atom stereocenters. The van der Waals surface area contributed by atoms with Crippen molar-refractivity contribution in [2.75, 3.05) is 38.2 Å². The number of piperazine rings is 1. The van der Waals surface area contributed by atoms with Crippen molar-refractivity contribution in [3.05, 3.63) is 59.2 Å². The highest BCUT2D eigenvalue weighted by molar-refractivity contribution is 5.74. The molecule has 1 heterocycles. The highest BCUT2D eigenvalue weighted by Gasteiger charge is 2.23. The summed E-state index contributed by atoms with van der Waals surface area (Å²) < 4.78 is 5.16. The van der Waals surface area contributed by atoms with Gasteiger partial charge in [-0.3, -0.25) is 0 Å². The number of nitrogens with one attached hydrogen (secondary N) is 1. The fourth-order valence-corrected chi connectivity index (χ4v) is 3.62. The number of anilines is 1. The van der Waals surface area contributed by atoms with Crippen molar-refractivity contribution < 1.29 is 9.53 Å². The number of carbonyl (C=O) groups excluding carboxylic acids is 1. The lowest BCUT2D eigenvalue weighted by molar-refractivity contribution is 0.194. The average molecular weight is 367 g/mol. The highest BCUT2D eigenvalue weighted by Crippen LogP contribution is 2.26. The molecule has 1 fully saturated rings. The van der Waals surface area contributed by atoms with Gasteiger partial charge >= 0.3 is 6.03 Å². The zero-order valence-electron chi connectivity index (χ0n) is 16.5. The Morgan fingerprint density at radius 1 is 1.07 bits per heavy atom. The quantitative estimate of drug-likeness (QED) is 0.878. The van der Waals surface area contributed by atoms with E-state index in [9.17, 15) is 4.79 Å². The van der Waals surface area contributed by atoms with Crippen molar-refractivity contribution in [2.45, 2.75) is 26.8 Å². The summed E-state index contributed by atoms with van der Waals surface area (Å²) in [5, 5.41) is 3.02. The van der Waals surface area contributed by atoms with Crippen LogP contribution in [-0.2, 0) is 13.0 Å². The molecule has 0 spiro atoms. The minimum atomic E-state index is 0.00552. The van der Waals surface area contributed by atoms with Crippen LogP contribution in [0.25, 0.3) is 0 Å². The van der Waals surface area contributed by atoms with E-state index in [0.29, 0.717) is 6.54 Å². The van der Waals surface area contributed by atoms with Gasteiger partial charge in [0.1, 0.15) is 5.75 Å². The maximum Gasteiger partial charge on any atom is 0.317 e. The number of para-hydroxylation sites is 1. The molecular weight excluding hydrogens is 338 g/mol. The topological polar surface area (TPSA) is 44.8 Å². The van der Waals surface area contributed by atoms with Gasteiger partial charge in [0.2, 0.25) is 0 Å². The molecule has 27 heavy (non-hydrogen) atoms. The van der Waals surface area contributed by atoms with Gasteiger partial charge < -0.3 is 19.9 Å². The van der Waals surface area contributed by atoms with Crippen molar-refractivity contribution in [3.8, 4) is 5.75 Å². The Bertz CT molecular complexity index is 766. The second-order valence-corrected chi connectivity index (χ2v) is 6.92. The molecule has 2 aromatic carbocycles. The van der Waals surface area contributed by atoms with Gasteiger partial charge in [-0.15, -0.1) is 0 Å². The van der Waals surface area contributed by atoms with Gasteiger partial charge in [0.05, 0.1) is 7.11 Å². The van der Waals surface area contributed by atoms with Gasteiger partial charge in [-0.1, -0.05) is 37.3 Å². The van der Waals surface area contributed by atoms with Crippen LogP contribution in [0, 0.1) is 6.92 Å². The number of aryl methyl sites for hydroxylation is 2. The third-order valence-corrected chi connectivity index (χ3v) is 5.19. The van der Waals surface area contributed by atoms with E-state index in [1.54, 1.807) is 7.11 Å². The molecule has 0 radical (unpaired) electrons. The van der Waals surface area contributed by atoms with E-state index in [0.717, 1.165) is 43.9 Å². The van der Waals surface area contributed by atoms with Crippen LogP contribution in [0.5, 0.6) is 5.75 Å². The fraction of sp³-hybridized carbons (Fsp3) is 0.409. The van der Waals surface area contributed by atoms with Crippen LogP contribution in [0.4, 0.5) is 10.5 Å². The predicted octanol–water partition coefficient (Wildman–Crippen LogP) is 3.60. The molecule has 5 nitrogen and oxygen atoms in total. The summed E-state index contributed by atoms with van der Waals surface area (Å²) in [7, 11) is 1.65. The Hall–Kier alpha value is -2.69. The van der Waals surface area contributed by atoms with E-state index in [4.69, 9.17) is 4.74 Å². The van der Waals surface area contributed by atoms with Crippen LogP contribution in [0.1, 0.15) is 23.6 Å². The Labute approximate surface area is 161 Å². The first kappa shape index (κ1) is 19.1. The third kappa shape index (κ3) is 4.54. The molecule has 1 aliphatic rings. The second kappa shape index (κ2) is 8.80. The first-order valence-electron chi connectivity index (χ1n) is 9.61. The lowest BCUT2D eigenvalue weighted by Crippen LogP contribution is -2.52. The predicted molar refractivity (Wildman–Crippen MR) is 110 cm³/mol. The SMILES string of the molecule is CCc1cccc(C)c1N1CCN(C(=O)NCc2ccc(OC)cc2)CC1. The number of hydrogen-bond acceptors (Lipinski definition) is 3. The number of ether oxygens (including phenoxy) is 1. The third-order valence-electron chi connectivity index (χ3n) is 5.19. The molecule has 0 saturated carbocycles. The van der Waals surface area contributed by atoms with Crippen molar-refractivity contribution in [3.63, 3.8) is 0 Å². The monoisotopic (exact) mass is 367 g/mol. The van der Waals surface area contributed by atoms with E-state index < -0.39 is 0 Å².